The van der Waals surface area contributed by atoms with Crippen molar-refractivity contribution in [2.45, 2.75) is 32.2 Å². The van der Waals surface area contributed by atoms with Gasteiger partial charge in [0, 0.05) is 16.3 Å². The molecule has 4 heteroatoms. The summed E-state index contributed by atoms with van der Waals surface area (Å²) < 4.78 is 1.98. The Labute approximate surface area is 117 Å². The summed E-state index contributed by atoms with van der Waals surface area (Å²) in [6, 6.07) is 7.10. The predicted octanol–water partition coefficient (Wildman–Crippen LogP) is 3.30. The summed E-state index contributed by atoms with van der Waals surface area (Å²) in [5.74, 6) is 0.0771. The number of carbonyl (C=O) groups is 1. The van der Waals surface area contributed by atoms with Gasteiger partial charge in [-0.15, -0.1) is 0 Å². The van der Waals surface area contributed by atoms with E-state index >= 15 is 0 Å². The quantitative estimate of drug-likeness (QED) is 0.805. The van der Waals surface area contributed by atoms with Crippen LogP contribution in [-0.4, -0.2) is 15.3 Å². The zero-order valence-corrected chi connectivity index (χ0v) is 11.4. The Hall–Kier alpha value is -1.61. The van der Waals surface area contributed by atoms with Crippen molar-refractivity contribution in [2.24, 2.45) is 0 Å². The van der Waals surface area contributed by atoms with E-state index in [0.717, 1.165) is 18.5 Å². The molecule has 1 heterocycles. The van der Waals surface area contributed by atoms with Crippen molar-refractivity contribution in [3.05, 3.63) is 52.6 Å². The highest BCUT2D eigenvalue weighted by atomic mass is 35.5. The minimum absolute atomic E-state index is 0.0771. The van der Waals surface area contributed by atoms with E-state index in [1.165, 1.54) is 18.5 Å². The molecule has 0 bridgehead atoms. The van der Waals surface area contributed by atoms with Crippen LogP contribution in [0.3, 0.4) is 0 Å². The molecule has 98 valence electrons. The van der Waals surface area contributed by atoms with Crippen LogP contribution < -0.4 is 0 Å². The van der Waals surface area contributed by atoms with Gasteiger partial charge >= 0.3 is 0 Å². The summed E-state index contributed by atoms with van der Waals surface area (Å²) in [4.78, 5) is 16.6. The van der Waals surface area contributed by atoms with Gasteiger partial charge in [-0.05, 0) is 37.8 Å². The van der Waals surface area contributed by atoms with Gasteiger partial charge in [-0.25, -0.2) is 4.98 Å². The Bertz CT molecular complexity index is 618. The van der Waals surface area contributed by atoms with Crippen LogP contribution in [-0.2, 0) is 19.4 Å². The molecule has 1 aliphatic carbocycles. The number of benzene rings is 1. The second kappa shape index (κ2) is 5.17. The Morgan fingerprint density at radius 3 is 3.00 bits per heavy atom. The molecule has 0 saturated heterocycles. The maximum absolute atomic E-state index is 12.2. The zero-order chi connectivity index (χ0) is 13.2. The number of hydrogen-bond acceptors (Lipinski definition) is 2. The van der Waals surface area contributed by atoms with Crippen LogP contribution in [0.2, 0.25) is 5.02 Å². The fourth-order valence-electron chi connectivity index (χ4n) is 2.58. The maximum atomic E-state index is 12.2. The number of ketones is 1. The third-order valence-corrected chi connectivity index (χ3v) is 3.81. The van der Waals surface area contributed by atoms with Crippen molar-refractivity contribution in [3.63, 3.8) is 0 Å². The molecule has 2 aromatic rings. The average Bonchev–Trinajstić information content (AvgIpc) is 2.82. The van der Waals surface area contributed by atoms with Gasteiger partial charge in [-0.3, -0.25) is 4.79 Å². The summed E-state index contributed by atoms with van der Waals surface area (Å²) >= 11 is 5.91. The zero-order valence-electron chi connectivity index (χ0n) is 10.6. The van der Waals surface area contributed by atoms with E-state index in [-0.39, 0.29) is 5.78 Å². The number of aryl methyl sites for hydroxylation is 1. The Kier molecular flexibility index (Phi) is 3.38. The van der Waals surface area contributed by atoms with Crippen LogP contribution >= 0.6 is 11.6 Å². The van der Waals surface area contributed by atoms with Gasteiger partial charge in [0.05, 0.1) is 18.6 Å². The number of nitrogens with zero attached hydrogens (tertiary/aromatic N) is 2. The third-order valence-electron chi connectivity index (χ3n) is 3.57. The third kappa shape index (κ3) is 2.56. The topological polar surface area (TPSA) is 34.9 Å². The molecule has 0 aliphatic heterocycles. The molecule has 0 saturated carbocycles. The number of aromatic nitrogens is 2. The highest BCUT2D eigenvalue weighted by Gasteiger charge is 2.17. The number of hydrogen-bond donors (Lipinski definition) is 0. The molecule has 0 atom stereocenters. The minimum Gasteiger partial charge on any atom is -0.327 e. The van der Waals surface area contributed by atoms with E-state index in [4.69, 9.17) is 11.6 Å². The molecular formula is C15H15ClN2O. The summed E-state index contributed by atoms with van der Waals surface area (Å²) in [6.07, 6.45) is 6.24. The number of imidazole rings is 1. The molecular weight excluding hydrogens is 260 g/mol. The van der Waals surface area contributed by atoms with Gasteiger partial charge in [0.1, 0.15) is 0 Å². The first-order valence-corrected chi connectivity index (χ1v) is 6.93. The lowest BCUT2D eigenvalue weighted by Gasteiger charge is -2.13. The fourth-order valence-corrected chi connectivity index (χ4v) is 2.77. The molecule has 1 aliphatic rings. The van der Waals surface area contributed by atoms with Crippen molar-refractivity contribution < 1.29 is 4.79 Å². The lowest BCUT2D eigenvalue weighted by Crippen LogP contribution is -2.14. The van der Waals surface area contributed by atoms with Gasteiger partial charge in [-0.2, -0.15) is 0 Å². The Balaban J connectivity index is 1.82. The van der Waals surface area contributed by atoms with E-state index < -0.39 is 0 Å². The first kappa shape index (κ1) is 12.4. The molecule has 3 rings (SSSR count). The van der Waals surface area contributed by atoms with Crippen LogP contribution in [0.4, 0.5) is 0 Å². The number of fused-ring (bicyclic) bond motifs is 1. The normalized spacial score (nSPS) is 14.2. The Morgan fingerprint density at radius 1 is 1.32 bits per heavy atom. The van der Waals surface area contributed by atoms with Gasteiger partial charge in [0.15, 0.2) is 5.78 Å². The van der Waals surface area contributed by atoms with E-state index in [0.29, 0.717) is 17.1 Å². The Morgan fingerprint density at radius 2 is 2.16 bits per heavy atom. The van der Waals surface area contributed by atoms with E-state index in [9.17, 15) is 4.79 Å². The van der Waals surface area contributed by atoms with Crippen LogP contribution in [0.1, 0.15) is 34.6 Å². The first-order chi connectivity index (χ1) is 9.24. The second-order valence-electron chi connectivity index (χ2n) is 4.91. The average molecular weight is 275 g/mol. The summed E-state index contributed by atoms with van der Waals surface area (Å²) in [7, 11) is 0. The highest BCUT2D eigenvalue weighted by molar-refractivity contribution is 6.31. The van der Waals surface area contributed by atoms with Crippen molar-refractivity contribution >= 4 is 17.4 Å². The summed E-state index contributed by atoms with van der Waals surface area (Å²) in [6.45, 7) is 0.350. The number of rotatable bonds is 3. The fraction of sp³-hybridized carbons (Fsp3) is 0.333. The molecule has 19 heavy (non-hydrogen) atoms. The molecule has 0 spiro atoms. The highest BCUT2D eigenvalue weighted by Crippen LogP contribution is 2.20. The maximum Gasteiger partial charge on any atom is 0.182 e. The SMILES string of the molecule is O=C(Cn1cnc2c1CCCC2)c1cccc(Cl)c1. The van der Waals surface area contributed by atoms with E-state index in [1.807, 2.05) is 4.57 Å². The van der Waals surface area contributed by atoms with Crippen LogP contribution in [0.25, 0.3) is 0 Å². The first-order valence-electron chi connectivity index (χ1n) is 6.55. The van der Waals surface area contributed by atoms with Crippen molar-refractivity contribution in [1.82, 2.24) is 9.55 Å². The largest absolute Gasteiger partial charge is 0.327 e. The van der Waals surface area contributed by atoms with Gasteiger partial charge in [-0.1, -0.05) is 23.7 Å². The number of carbonyl (C=O) groups excluding carboxylic acids is 1. The molecule has 0 N–H and O–H groups in total. The summed E-state index contributed by atoms with van der Waals surface area (Å²) in [5.41, 5.74) is 3.04. The molecule has 0 amide bonds. The predicted molar refractivity (Wildman–Crippen MR) is 74.7 cm³/mol. The molecule has 3 nitrogen and oxygen atoms in total. The van der Waals surface area contributed by atoms with E-state index in [1.54, 1.807) is 30.6 Å². The van der Waals surface area contributed by atoms with Crippen LogP contribution in [0, 0.1) is 0 Å². The van der Waals surface area contributed by atoms with Crippen molar-refractivity contribution in [2.75, 3.05) is 0 Å². The van der Waals surface area contributed by atoms with Gasteiger partial charge in [0.25, 0.3) is 0 Å². The number of Topliss-reactive ketones (excluding diaryl/α,β-unsaturated/α-hetero) is 1. The minimum atomic E-state index is 0.0771. The van der Waals surface area contributed by atoms with Crippen LogP contribution in [0.15, 0.2) is 30.6 Å². The molecule has 0 unspecified atom stereocenters. The number of halogens is 1. The summed E-state index contributed by atoms with van der Waals surface area (Å²) in [5, 5.41) is 0.596. The standard InChI is InChI=1S/C15H15ClN2O/c16-12-5-3-4-11(8-12)15(19)9-18-10-17-13-6-1-2-7-14(13)18/h3-5,8,10H,1-2,6-7,9H2. The van der Waals surface area contributed by atoms with Crippen molar-refractivity contribution in [3.8, 4) is 0 Å². The molecule has 1 aromatic carbocycles. The van der Waals surface area contributed by atoms with Gasteiger partial charge < -0.3 is 4.57 Å². The van der Waals surface area contributed by atoms with Gasteiger partial charge in [0.2, 0.25) is 0 Å². The van der Waals surface area contributed by atoms with Crippen LogP contribution in [0.5, 0.6) is 0 Å². The van der Waals surface area contributed by atoms with Crippen molar-refractivity contribution in [1.29, 1.82) is 0 Å². The smallest absolute Gasteiger partial charge is 0.182 e. The molecule has 0 fully saturated rings. The lowest BCUT2D eigenvalue weighted by atomic mass is 10.0. The second-order valence-corrected chi connectivity index (χ2v) is 5.34. The van der Waals surface area contributed by atoms with E-state index in [2.05, 4.69) is 4.98 Å². The monoisotopic (exact) mass is 274 g/mol. The molecule has 1 aromatic heterocycles. The molecule has 0 radical (unpaired) electrons. The lowest BCUT2D eigenvalue weighted by molar-refractivity contribution is 0.0971.